The average molecular weight is 431 g/mol. The molecule has 1 aromatic carbocycles. The molecule has 27 heavy (non-hydrogen) atoms. The summed E-state index contributed by atoms with van der Waals surface area (Å²) in [5.41, 5.74) is 1.58. The first-order valence-corrected chi connectivity index (χ1v) is 10.1. The minimum absolute atomic E-state index is 0.0454. The molecule has 0 saturated carbocycles. The van der Waals surface area contributed by atoms with Crippen molar-refractivity contribution in [3.05, 3.63) is 57.6 Å². The standard InChI is InChI=1S/C21H23BrN2O3/c1-13-5-7-19(26-13)17(24-9-3-4-10-24)12-23-21(25)20-14(2)16-11-15(22)6-8-18(16)27-20/h5-8,11,17H,3-4,9-10,12H2,1-2H3,(H,23,25). The number of carbonyl (C=O) groups is 1. The molecule has 2 aromatic heterocycles. The molecule has 1 aliphatic heterocycles. The van der Waals surface area contributed by atoms with Crippen molar-refractivity contribution in [3.63, 3.8) is 0 Å². The van der Waals surface area contributed by atoms with Crippen LogP contribution in [-0.2, 0) is 0 Å². The van der Waals surface area contributed by atoms with Gasteiger partial charge in [0, 0.05) is 22.0 Å². The molecule has 0 spiro atoms. The van der Waals surface area contributed by atoms with Crippen LogP contribution in [0.3, 0.4) is 0 Å². The Morgan fingerprint density at radius 3 is 2.67 bits per heavy atom. The van der Waals surface area contributed by atoms with Crippen molar-refractivity contribution in [1.82, 2.24) is 10.2 Å². The number of halogens is 1. The highest BCUT2D eigenvalue weighted by Crippen LogP contribution is 2.29. The third-order valence-electron chi connectivity index (χ3n) is 5.23. The zero-order valence-electron chi connectivity index (χ0n) is 15.5. The van der Waals surface area contributed by atoms with Crippen LogP contribution < -0.4 is 5.32 Å². The van der Waals surface area contributed by atoms with Gasteiger partial charge in [0.2, 0.25) is 0 Å². The number of aryl methyl sites for hydroxylation is 2. The molecular formula is C21H23BrN2O3. The van der Waals surface area contributed by atoms with Crippen molar-refractivity contribution in [1.29, 1.82) is 0 Å². The molecule has 3 aromatic rings. The zero-order chi connectivity index (χ0) is 19.0. The molecule has 1 unspecified atom stereocenters. The number of nitrogens with zero attached hydrogens (tertiary/aromatic N) is 1. The van der Waals surface area contributed by atoms with Crippen molar-refractivity contribution in [2.75, 3.05) is 19.6 Å². The van der Waals surface area contributed by atoms with Crippen molar-refractivity contribution in [2.24, 2.45) is 0 Å². The molecule has 3 heterocycles. The third-order valence-corrected chi connectivity index (χ3v) is 5.72. The van der Waals surface area contributed by atoms with E-state index in [2.05, 4.69) is 26.1 Å². The summed E-state index contributed by atoms with van der Waals surface area (Å²) in [6, 6.07) is 9.79. The Morgan fingerprint density at radius 2 is 1.96 bits per heavy atom. The average Bonchev–Trinajstić information content (AvgIpc) is 3.38. The van der Waals surface area contributed by atoms with Gasteiger partial charge in [0.15, 0.2) is 5.76 Å². The minimum Gasteiger partial charge on any atom is -0.465 e. The van der Waals surface area contributed by atoms with Gasteiger partial charge in [-0.25, -0.2) is 0 Å². The molecule has 0 aliphatic carbocycles. The van der Waals surface area contributed by atoms with Gasteiger partial charge in [0.05, 0.1) is 6.04 Å². The lowest BCUT2D eigenvalue weighted by Crippen LogP contribution is -2.36. The Bertz CT molecular complexity index is 969. The van der Waals surface area contributed by atoms with Gasteiger partial charge in [-0.1, -0.05) is 15.9 Å². The summed E-state index contributed by atoms with van der Waals surface area (Å²) in [6.07, 6.45) is 2.36. The van der Waals surface area contributed by atoms with E-state index in [0.29, 0.717) is 12.3 Å². The highest BCUT2D eigenvalue weighted by molar-refractivity contribution is 9.10. The maximum atomic E-state index is 12.8. The monoisotopic (exact) mass is 430 g/mol. The van der Waals surface area contributed by atoms with E-state index in [1.165, 1.54) is 12.8 Å². The quantitative estimate of drug-likeness (QED) is 0.620. The fourth-order valence-electron chi connectivity index (χ4n) is 3.77. The van der Waals surface area contributed by atoms with E-state index >= 15 is 0 Å². The predicted octanol–water partition coefficient (Wildman–Crippen LogP) is 4.97. The SMILES string of the molecule is Cc1ccc(C(CNC(=O)c2oc3ccc(Br)cc3c2C)N2CCCC2)o1. The topological polar surface area (TPSA) is 58.6 Å². The lowest BCUT2D eigenvalue weighted by atomic mass is 10.1. The van der Waals surface area contributed by atoms with Crippen LogP contribution in [0, 0.1) is 13.8 Å². The Kier molecular flexibility index (Phi) is 5.10. The molecule has 1 fully saturated rings. The minimum atomic E-state index is -0.188. The van der Waals surface area contributed by atoms with E-state index < -0.39 is 0 Å². The van der Waals surface area contributed by atoms with E-state index in [1.807, 2.05) is 44.2 Å². The van der Waals surface area contributed by atoms with Gasteiger partial charge in [-0.05, 0) is 70.1 Å². The van der Waals surface area contributed by atoms with Gasteiger partial charge < -0.3 is 14.2 Å². The number of hydrogen-bond acceptors (Lipinski definition) is 4. The highest BCUT2D eigenvalue weighted by atomic mass is 79.9. The summed E-state index contributed by atoms with van der Waals surface area (Å²) in [5.74, 6) is 1.98. The summed E-state index contributed by atoms with van der Waals surface area (Å²) in [4.78, 5) is 15.2. The smallest absolute Gasteiger partial charge is 0.287 e. The van der Waals surface area contributed by atoms with Crippen LogP contribution in [0.25, 0.3) is 11.0 Å². The number of furan rings is 2. The number of amides is 1. The van der Waals surface area contributed by atoms with Gasteiger partial charge >= 0.3 is 0 Å². The molecule has 1 N–H and O–H groups in total. The van der Waals surface area contributed by atoms with E-state index in [0.717, 1.165) is 45.6 Å². The highest BCUT2D eigenvalue weighted by Gasteiger charge is 2.27. The van der Waals surface area contributed by atoms with Crippen molar-refractivity contribution < 1.29 is 13.6 Å². The van der Waals surface area contributed by atoms with Crippen LogP contribution in [0.4, 0.5) is 0 Å². The second kappa shape index (κ2) is 7.52. The first-order valence-electron chi connectivity index (χ1n) is 9.30. The normalized spacial score (nSPS) is 16.1. The maximum absolute atomic E-state index is 12.8. The lowest BCUT2D eigenvalue weighted by Gasteiger charge is -2.25. The van der Waals surface area contributed by atoms with Gasteiger partial charge in [0.1, 0.15) is 17.1 Å². The third kappa shape index (κ3) is 3.69. The van der Waals surface area contributed by atoms with Crippen LogP contribution in [-0.4, -0.2) is 30.4 Å². The molecule has 5 nitrogen and oxygen atoms in total. The summed E-state index contributed by atoms with van der Waals surface area (Å²) in [5, 5.41) is 4.01. The molecule has 1 amide bonds. The number of hydrogen-bond donors (Lipinski definition) is 1. The number of fused-ring (bicyclic) bond motifs is 1. The summed E-state index contributed by atoms with van der Waals surface area (Å²) < 4.78 is 12.6. The van der Waals surface area contributed by atoms with Crippen LogP contribution >= 0.6 is 15.9 Å². The van der Waals surface area contributed by atoms with E-state index in [-0.39, 0.29) is 11.9 Å². The molecule has 0 radical (unpaired) electrons. The van der Waals surface area contributed by atoms with Crippen LogP contribution in [0.1, 0.15) is 46.5 Å². The molecule has 6 heteroatoms. The molecule has 4 rings (SSSR count). The summed E-state index contributed by atoms with van der Waals surface area (Å²) >= 11 is 3.47. The molecule has 0 bridgehead atoms. The number of likely N-dealkylation sites (tertiary alicyclic amines) is 1. The largest absolute Gasteiger partial charge is 0.465 e. The molecule has 1 saturated heterocycles. The van der Waals surface area contributed by atoms with Crippen LogP contribution in [0.2, 0.25) is 0 Å². The molecule has 142 valence electrons. The first kappa shape index (κ1) is 18.3. The zero-order valence-corrected chi connectivity index (χ0v) is 17.1. The van der Waals surface area contributed by atoms with Crippen molar-refractivity contribution >= 4 is 32.8 Å². The van der Waals surface area contributed by atoms with Gasteiger partial charge in [-0.3, -0.25) is 9.69 Å². The Morgan fingerprint density at radius 1 is 1.19 bits per heavy atom. The summed E-state index contributed by atoms with van der Waals surface area (Å²) in [7, 11) is 0. The molecular weight excluding hydrogens is 408 g/mol. The van der Waals surface area contributed by atoms with Gasteiger partial charge in [-0.2, -0.15) is 0 Å². The summed E-state index contributed by atoms with van der Waals surface area (Å²) in [6.45, 7) is 6.40. The predicted molar refractivity (Wildman–Crippen MR) is 108 cm³/mol. The van der Waals surface area contributed by atoms with Crippen LogP contribution in [0.5, 0.6) is 0 Å². The van der Waals surface area contributed by atoms with Gasteiger partial charge in [0.25, 0.3) is 5.91 Å². The van der Waals surface area contributed by atoms with Crippen molar-refractivity contribution in [3.8, 4) is 0 Å². The van der Waals surface area contributed by atoms with Crippen LogP contribution in [0.15, 0.2) is 43.6 Å². The molecule has 1 aliphatic rings. The number of benzene rings is 1. The fourth-order valence-corrected chi connectivity index (χ4v) is 4.14. The Balaban J connectivity index is 1.53. The Labute approximate surface area is 166 Å². The Hall–Kier alpha value is -2.05. The first-order chi connectivity index (χ1) is 13.0. The number of rotatable bonds is 5. The second-order valence-corrected chi connectivity index (χ2v) is 8.03. The van der Waals surface area contributed by atoms with Gasteiger partial charge in [-0.15, -0.1) is 0 Å². The maximum Gasteiger partial charge on any atom is 0.287 e. The van der Waals surface area contributed by atoms with E-state index in [4.69, 9.17) is 8.83 Å². The van der Waals surface area contributed by atoms with E-state index in [1.54, 1.807) is 0 Å². The van der Waals surface area contributed by atoms with E-state index in [9.17, 15) is 4.79 Å². The molecule has 1 atom stereocenters. The number of carbonyl (C=O) groups excluding carboxylic acids is 1. The fraction of sp³-hybridized carbons (Fsp3) is 0.381. The van der Waals surface area contributed by atoms with Crippen molar-refractivity contribution in [2.45, 2.75) is 32.7 Å². The lowest BCUT2D eigenvalue weighted by molar-refractivity contribution is 0.0907. The number of nitrogens with one attached hydrogen (secondary N) is 1. The second-order valence-electron chi connectivity index (χ2n) is 7.11.